The summed E-state index contributed by atoms with van der Waals surface area (Å²) in [6, 6.07) is 23.2. The van der Waals surface area contributed by atoms with E-state index in [1.807, 2.05) is 101 Å². The number of nitrogens with zero attached hydrogens (tertiary/aromatic N) is 1. The lowest BCUT2D eigenvalue weighted by atomic mass is 10.0. The van der Waals surface area contributed by atoms with Crippen LogP contribution in [0, 0.1) is 20.8 Å². The second kappa shape index (κ2) is 12.9. The van der Waals surface area contributed by atoms with Crippen LogP contribution in [-0.4, -0.2) is 35.4 Å². The van der Waals surface area contributed by atoms with E-state index in [4.69, 9.17) is 4.74 Å². The van der Waals surface area contributed by atoms with Crippen LogP contribution in [0.25, 0.3) is 0 Å². The zero-order valence-electron chi connectivity index (χ0n) is 22.1. The van der Waals surface area contributed by atoms with Crippen molar-refractivity contribution in [2.24, 2.45) is 0 Å². The van der Waals surface area contributed by atoms with E-state index in [9.17, 15) is 9.59 Å². The van der Waals surface area contributed by atoms with Crippen molar-refractivity contribution in [2.45, 2.75) is 66.1 Å². The first-order chi connectivity index (χ1) is 17.3. The standard InChI is InChI=1S/C31H38N2O3/c1-6-25(5)32-31(35)28(19-26-12-8-7-9-13-26)33(20-27-14-10-11-22(2)17-27)30(34)21-36-29-18-23(3)15-16-24(29)4/h7-18,25,28H,6,19-21H2,1-5H3,(H,32,35). The van der Waals surface area contributed by atoms with Gasteiger partial charge in [-0.15, -0.1) is 0 Å². The van der Waals surface area contributed by atoms with Crippen LogP contribution in [0.15, 0.2) is 72.8 Å². The first kappa shape index (κ1) is 27.0. The fourth-order valence-corrected chi connectivity index (χ4v) is 4.09. The third-order valence-electron chi connectivity index (χ3n) is 6.40. The molecule has 5 heteroatoms. The highest BCUT2D eigenvalue weighted by molar-refractivity contribution is 5.88. The zero-order chi connectivity index (χ0) is 26.1. The Labute approximate surface area is 215 Å². The third-order valence-corrected chi connectivity index (χ3v) is 6.40. The van der Waals surface area contributed by atoms with Gasteiger partial charge in [0.05, 0.1) is 0 Å². The molecular weight excluding hydrogens is 448 g/mol. The van der Waals surface area contributed by atoms with E-state index in [1.54, 1.807) is 4.90 Å². The third kappa shape index (κ3) is 7.70. The van der Waals surface area contributed by atoms with Gasteiger partial charge in [0, 0.05) is 19.0 Å². The topological polar surface area (TPSA) is 58.6 Å². The maximum absolute atomic E-state index is 13.7. The summed E-state index contributed by atoms with van der Waals surface area (Å²) >= 11 is 0. The number of benzene rings is 3. The smallest absolute Gasteiger partial charge is 0.261 e. The largest absolute Gasteiger partial charge is 0.483 e. The fraction of sp³-hybridized carbons (Fsp3) is 0.355. The Morgan fingerprint density at radius 3 is 2.28 bits per heavy atom. The fourth-order valence-electron chi connectivity index (χ4n) is 4.09. The summed E-state index contributed by atoms with van der Waals surface area (Å²) in [6.45, 7) is 10.2. The van der Waals surface area contributed by atoms with Crippen molar-refractivity contribution in [2.75, 3.05) is 6.61 Å². The van der Waals surface area contributed by atoms with Gasteiger partial charge in [-0.25, -0.2) is 0 Å². The van der Waals surface area contributed by atoms with Crippen LogP contribution in [0.2, 0.25) is 0 Å². The van der Waals surface area contributed by atoms with Crippen molar-refractivity contribution >= 4 is 11.8 Å². The lowest BCUT2D eigenvalue weighted by Gasteiger charge is -2.32. The quantitative estimate of drug-likeness (QED) is 0.387. The molecule has 0 heterocycles. The predicted octanol–water partition coefficient (Wildman–Crippen LogP) is 5.55. The number of hydrogen-bond donors (Lipinski definition) is 1. The Bertz CT molecular complexity index is 1160. The number of carbonyl (C=O) groups is 2. The molecule has 0 radical (unpaired) electrons. The van der Waals surface area contributed by atoms with Crippen molar-refractivity contribution < 1.29 is 14.3 Å². The molecule has 190 valence electrons. The Morgan fingerprint density at radius 1 is 0.889 bits per heavy atom. The number of aryl methyl sites for hydroxylation is 3. The summed E-state index contributed by atoms with van der Waals surface area (Å²) < 4.78 is 5.98. The predicted molar refractivity (Wildman–Crippen MR) is 145 cm³/mol. The SMILES string of the molecule is CCC(C)NC(=O)C(Cc1ccccc1)N(Cc1cccc(C)c1)C(=O)COc1cc(C)ccc1C. The van der Waals surface area contributed by atoms with Crippen molar-refractivity contribution in [1.82, 2.24) is 10.2 Å². The minimum Gasteiger partial charge on any atom is -0.483 e. The molecule has 36 heavy (non-hydrogen) atoms. The van der Waals surface area contributed by atoms with Crippen LogP contribution in [0.1, 0.15) is 48.1 Å². The maximum Gasteiger partial charge on any atom is 0.261 e. The molecule has 3 aromatic carbocycles. The summed E-state index contributed by atoms with van der Waals surface area (Å²) in [7, 11) is 0. The number of nitrogens with one attached hydrogen (secondary N) is 1. The Balaban J connectivity index is 1.93. The van der Waals surface area contributed by atoms with Crippen LogP contribution in [0.5, 0.6) is 5.75 Å². The monoisotopic (exact) mass is 486 g/mol. The lowest BCUT2D eigenvalue weighted by Crippen LogP contribution is -2.53. The Hall–Kier alpha value is -3.60. The van der Waals surface area contributed by atoms with Gasteiger partial charge >= 0.3 is 0 Å². The van der Waals surface area contributed by atoms with Crippen LogP contribution >= 0.6 is 0 Å². The summed E-state index contributed by atoms with van der Waals surface area (Å²) in [5, 5.41) is 3.10. The Kier molecular flexibility index (Phi) is 9.69. The van der Waals surface area contributed by atoms with Crippen LogP contribution in [0.4, 0.5) is 0 Å². The molecule has 2 unspecified atom stereocenters. The second-order valence-electron chi connectivity index (χ2n) is 9.59. The van der Waals surface area contributed by atoms with Crippen molar-refractivity contribution in [1.29, 1.82) is 0 Å². The van der Waals surface area contributed by atoms with Crippen LogP contribution < -0.4 is 10.1 Å². The minimum atomic E-state index is -0.670. The highest BCUT2D eigenvalue weighted by atomic mass is 16.5. The van der Waals surface area contributed by atoms with E-state index in [2.05, 4.69) is 11.4 Å². The number of amides is 2. The average molecular weight is 487 g/mol. The zero-order valence-corrected chi connectivity index (χ0v) is 22.1. The van der Waals surface area contributed by atoms with E-state index >= 15 is 0 Å². The van der Waals surface area contributed by atoms with Gasteiger partial charge in [0.2, 0.25) is 5.91 Å². The molecule has 2 amide bonds. The second-order valence-corrected chi connectivity index (χ2v) is 9.59. The molecule has 0 fully saturated rings. The molecule has 3 aromatic rings. The summed E-state index contributed by atoms with van der Waals surface area (Å²) in [5.41, 5.74) is 5.11. The molecular formula is C31H38N2O3. The molecule has 0 bridgehead atoms. The number of rotatable bonds is 11. The highest BCUT2D eigenvalue weighted by Crippen LogP contribution is 2.21. The molecule has 0 aliphatic carbocycles. The van der Waals surface area contributed by atoms with Gasteiger partial charge in [0.1, 0.15) is 11.8 Å². The first-order valence-electron chi connectivity index (χ1n) is 12.7. The highest BCUT2D eigenvalue weighted by Gasteiger charge is 2.31. The normalized spacial score (nSPS) is 12.5. The van der Waals surface area contributed by atoms with E-state index in [0.29, 0.717) is 18.7 Å². The molecule has 0 aromatic heterocycles. The summed E-state index contributed by atoms with van der Waals surface area (Å²) in [6.07, 6.45) is 1.23. The van der Waals surface area contributed by atoms with Crippen molar-refractivity contribution in [3.05, 3.63) is 101 Å². The van der Waals surface area contributed by atoms with E-state index in [-0.39, 0.29) is 24.5 Å². The number of ether oxygens (including phenoxy) is 1. The molecule has 1 N–H and O–H groups in total. The molecule has 0 saturated heterocycles. The van der Waals surface area contributed by atoms with Gasteiger partial charge in [-0.1, -0.05) is 79.2 Å². The molecule has 5 nitrogen and oxygen atoms in total. The summed E-state index contributed by atoms with van der Waals surface area (Å²) in [4.78, 5) is 28.9. The molecule has 3 rings (SSSR count). The lowest BCUT2D eigenvalue weighted by molar-refractivity contribution is -0.143. The van der Waals surface area contributed by atoms with E-state index in [1.165, 1.54) is 0 Å². The van der Waals surface area contributed by atoms with Gasteiger partial charge in [0.15, 0.2) is 6.61 Å². The number of hydrogen-bond acceptors (Lipinski definition) is 3. The molecule has 0 aliphatic rings. The molecule has 0 aliphatic heterocycles. The van der Waals surface area contributed by atoms with Crippen LogP contribution in [0.3, 0.4) is 0 Å². The van der Waals surface area contributed by atoms with Crippen LogP contribution in [-0.2, 0) is 22.6 Å². The van der Waals surface area contributed by atoms with Gasteiger partial charge in [-0.2, -0.15) is 0 Å². The van der Waals surface area contributed by atoms with Gasteiger partial charge in [-0.3, -0.25) is 9.59 Å². The Morgan fingerprint density at radius 2 is 1.58 bits per heavy atom. The average Bonchev–Trinajstić information content (AvgIpc) is 2.87. The van der Waals surface area contributed by atoms with Gasteiger partial charge in [0.25, 0.3) is 5.91 Å². The minimum absolute atomic E-state index is 0.0119. The van der Waals surface area contributed by atoms with Crippen molar-refractivity contribution in [3.63, 3.8) is 0 Å². The molecule has 0 spiro atoms. The van der Waals surface area contributed by atoms with Gasteiger partial charge in [-0.05, 0) is 62.4 Å². The van der Waals surface area contributed by atoms with Gasteiger partial charge < -0.3 is 15.0 Å². The van der Waals surface area contributed by atoms with Crippen molar-refractivity contribution in [3.8, 4) is 5.75 Å². The van der Waals surface area contributed by atoms with E-state index < -0.39 is 6.04 Å². The summed E-state index contributed by atoms with van der Waals surface area (Å²) in [5.74, 6) is 0.307. The maximum atomic E-state index is 13.7. The molecule has 0 saturated carbocycles. The first-order valence-corrected chi connectivity index (χ1v) is 12.7. The number of carbonyl (C=O) groups excluding carboxylic acids is 2. The van der Waals surface area contributed by atoms with E-state index in [0.717, 1.165) is 34.2 Å². The molecule has 2 atom stereocenters.